The maximum Gasteiger partial charge on any atom is -0.0120 e. The van der Waals surface area contributed by atoms with Gasteiger partial charge in [-0.25, -0.2) is 0 Å². The molecule has 0 heteroatoms. The summed E-state index contributed by atoms with van der Waals surface area (Å²) in [6, 6.07) is 24.5. The third-order valence-electron chi connectivity index (χ3n) is 4.77. The van der Waals surface area contributed by atoms with Crippen molar-refractivity contribution in [1.29, 1.82) is 0 Å². The summed E-state index contributed by atoms with van der Waals surface area (Å²) in [6.07, 6.45) is 4.66. The van der Waals surface area contributed by atoms with E-state index in [1.807, 2.05) is 0 Å². The van der Waals surface area contributed by atoms with Gasteiger partial charge in [-0.15, -0.1) is 0 Å². The number of rotatable bonds is 6. The molecule has 0 radical (unpaired) electrons. The molecule has 0 bridgehead atoms. The second kappa shape index (κ2) is 8.16. The monoisotopic (exact) mass is 328 g/mol. The van der Waals surface area contributed by atoms with Crippen molar-refractivity contribution in [3.8, 4) is 22.3 Å². The molecule has 0 aliphatic rings. The fraction of sp³-hybridized carbons (Fsp3) is 0.280. The zero-order chi connectivity index (χ0) is 17.6. The van der Waals surface area contributed by atoms with Crippen molar-refractivity contribution in [3.63, 3.8) is 0 Å². The topological polar surface area (TPSA) is 0 Å². The van der Waals surface area contributed by atoms with E-state index in [0.29, 0.717) is 0 Å². The van der Waals surface area contributed by atoms with Gasteiger partial charge < -0.3 is 0 Å². The van der Waals surface area contributed by atoms with Crippen LogP contribution in [-0.2, 0) is 12.8 Å². The summed E-state index contributed by atoms with van der Waals surface area (Å²) in [7, 11) is 0. The minimum Gasteiger partial charge on any atom is -0.0651 e. The summed E-state index contributed by atoms with van der Waals surface area (Å²) >= 11 is 0. The van der Waals surface area contributed by atoms with Gasteiger partial charge in [-0.05, 0) is 53.1 Å². The first kappa shape index (κ1) is 17.5. The molecule has 3 aromatic rings. The number of aryl methyl sites for hydroxylation is 3. The average molecular weight is 328 g/mol. The molecule has 0 fully saturated rings. The lowest BCUT2D eigenvalue weighted by molar-refractivity contribution is 0.896. The smallest absolute Gasteiger partial charge is 0.0120 e. The Labute approximate surface area is 152 Å². The van der Waals surface area contributed by atoms with Gasteiger partial charge in [0.05, 0.1) is 0 Å². The Hall–Kier alpha value is -2.34. The second-order valence-corrected chi connectivity index (χ2v) is 6.90. The highest BCUT2D eigenvalue weighted by Crippen LogP contribution is 2.32. The fourth-order valence-electron chi connectivity index (χ4n) is 3.71. The Morgan fingerprint density at radius 2 is 1.08 bits per heavy atom. The average Bonchev–Trinajstić information content (AvgIpc) is 2.63. The maximum absolute atomic E-state index is 2.38. The Morgan fingerprint density at radius 1 is 0.600 bits per heavy atom. The molecule has 0 aromatic heterocycles. The zero-order valence-corrected chi connectivity index (χ0v) is 15.7. The summed E-state index contributed by atoms with van der Waals surface area (Å²) in [4.78, 5) is 0. The minimum atomic E-state index is 1.15. The van der Waals surface area contributed by atoms with E-state index in [-0.39, 0.29) is 0 Å². The molecule has 25 heavy (non-hydrogen) atoms. The molecular formula is C25H28. The van der Waals surface area contributed by atoms with Crippen LogP contribution in [0.5, 0.6) is 0 Å². The number of hydrogen-bond donors (Lipinski definition) is 0. The van der Waals surface area contributed by atoms with Crippen LogP contribution in [-0.4, -0.2) is 0 Å². The van der Waals surface area contributed by atoms with Crippen molar-refractivity contribution in [3.05, 3.63) is 83.4 Å². The minimum absolute atomic E-state index is 1.15. The van der Waals surface area contributed by atoms with Crippen LogP contribution in [0.1, 0.15) is 43.4 Å². The van der Waals surface area contributed by atoms with E-state index in [1.165, 1.54) is 51.8 Å². The summed E-state index contributed by atoms with van der Waals surface area (Å²) in [6.45, 7) is 6.76. The van der Waals surface area contributed by atoms with Crippen LogP contribution in [0, 0.1) is 6.92 Å². The Morgan fingerprint density at radius 3 is 1.60 bits per heavy atom. The SMILES string of the molecule is CCCc1cc(C)cc(CCC)c1-c1ccc(-c2ccccc2)cc1. The molecule has 0 saturated carbocycles. The van der Waals surface area contributed by atoms with Crippen LogP contribution in [0.4, 0.5) is 0 Å². The summed E-state index contributed by atoms with van der Waals surface area (Å²) in [5, 5.41) is 0. The fourth-order valence-corrected chi connectivity index (χ4v) is 3.71. The van der Waals surface area contributed by atoms with Gasteiger partial charge in [-0.3, -0.25) is 0 Å². The highest BCUT2D eigenvalue weighted by Gasteiger charge is 2.11. The molecule has 0 saturated heterocycles. The molecule has 128 valence electrons. The molecule has 0 unspecified atom stereocenters. The van der Waals surface area contributed by atoms with E-state index in [1.54, 1.807) is 0 Å². The zero-order valence-electron chi connectivity index (χ0n) is 15.7. The lowest BCUT2D eigenvalue weighted by Crippen LogP contribution is -1.98. The van der Waals surface area contributed by atoms with E-state index in [0.717, 1.165) is 12.8 Å². The van der Waals surface area contributed by atoms with Crippen LogP contribution in [0.3, 0.4) is 0 Å². The van der Waals surface area contributed by atoms with E-state index < -0.39 is 0 Å². The highest BCUT2D eigenvalue weighted by atomic mass is 14.2. The highest BCUT2D eigenvalue weighted by molar-refractivity contribution is 5.75. The summed E-state index contributed by atoms with van der Waals surface area (Å²) in [5.74, 6) is 0. The quantitative estimate of drug-likeness (QED) is 0.447. The second-order valence-electron chi connectivity index (χ2n) is 6.90. The number of benzene rings is 3. The molecule has 0 aliphatic carbocycles. The Kier molecular flexibility index (Phi) is 5.71. The van der Waals surface area contributed by atoms with E-state index >= 15 is 0 Å². The van der Waals surface area contributed by atoms with E-state index in [4.69, 9.17) is 0 Å². The predicted octanol–water partition coefficient (Wildman–Crippen LogP) is 7.23. The molecule has 0 amide bonds. The van der Waals surface area contributed by atoms with Crippen molar-refractivity contribution < 1.29 is 0 Å². The molecule has 0 N–H and O–H groups in total. The largest absolute Gasteiger partial charge is 0.0651 e. The molecular weight excluding hydrogens is 300 g/mol. The van der Waals surface area contributed by atoms with Crippen molar-refractivity contribution >= 4 is 0 Å². The van der Waals surface area contributed by atoms with Gasteiger partial charge in [0.1, 0.15) is 0 Å². The predicted molar refractivity (Wildman–Crippen MR) is 110 cm³/mol. The first-order valence-corrected chi connectivity index (χ1v) is 9.51. The standard InChI is InChI=1S/C25H28/c1-4-9-23-17-19(3)18-24(10-5-2)25(23)22-15-13-21(14-16-22)20-11-7-6-8-12-20/h6-8,11-18H,4-5,9-10H2,1-3H3. The van der Waals surface area contributed by atoms with Crippen LogP contribution < -0.4 is 0 Å². The molecule has 0 nitrogen and oxygen atoms in total. The molecule has 0 aliphatic heterocycles. The van der Waals surface area contributed by atoms with Crippen molar-refractivity contribution in [2.75, 3.05) is 0 Å². The van der Waals surface area contributed by atoms with Crippen molar-refractivity contribution in [2.45, 2.75) is 46.5 Å². The third-order valence-corrected chi connectivity index (χ3v) is 4.77. The van der Waals surface area contributed by atoms with Gasteiger partial charge in [0.25, 0.3) is 0 Å². The molecule has 0 atom stereocenters. The lowest BCUT2D eigenvalue weighted by atomic mass is 9.88. The van der Waals surface area contributed by atoms with Crippen LogP contribution in [0.15, 0.2) is 66.7 Å². The van der Waals surface area contributed by atoms with Gasteiger partial charge in [-0.1, -0.05) is 99.0 Å². The summed E-state index contributed by atoms with van der Waals surface area (Å²) < 4.78 is 0. The van der Waals surface area contributed by atoms with Gasteiger partial charge in [0.2, 0.25) is 0 Å². The molecule has 0 heterocycles. The van der Waals surface area contributed by atoms with E-state index in [9.17, 15) is 0 Å². The molecule has 3 aromatic carbocycles. The van der Waals surface area contributed by atoms with E-state index in [2.05, 4.69) is 87.5 Å². The first-order valence-electron chi connectivity index (χ1n) is 9.51. The van der Waals surface area contributed by atoms with Crippen molar-refractivity contribution in [2.24, 2.45) is 0 Å². The van der Waals surface area contributed by atoms with Gasteiger partial charge >= 0.3 is 0 Å². The normalized spacial score (nSPS) is 10.8. The Bertz CT molecular complexity index is 783. The number of hydrogen-bond acceptors (Lipinski definition) is 0. The first-order chi connectivity index (χ1) is 12.2. The van der Waals surface area contributed by atoms with Gasteiger partial charge in [0, 0.05) is 0 Å². The van der Waals surface area contributed by atoms with Crippen LogP contribution in [0.2, 0.25) is 0 Å². The maximum atomic E-state index is 2.38. The Balaban J connectivity index is 2.05. The third kappa shape index (κ3) is 4.02. The molecule has 0 spiro atoms. The van der Waals surface area contributed by atoms with Gasteiger partial charge in [-0.2, -0.15) is 0 Å². The van der Waals surface area contributed by atoms with Crippen LogP contribution in [0.25, 0.3) is 22.3 Å². The van der Waals surface area contributed by atoms with Crippen molar-refractivity contribution in [1.82, 2.24) is 0 Å². The van der Waals surface area contributed by atoms with Gasteiger partial charge in [0.15, 0.2) is 0 Å². The lowest BCUT2D eigenvalue weighted by Gasteiger charge is -2.17. The summed E-state index contributed by atoms with van der Waals surface area (Å²) in [5.41, 5.74) is 9.76. The molecule has 3 rings (SSSR count). The van der Waals surface area contributed by atoms with Crippen LogP contribution >= 0.6 is 0 Å².